The van der Waals surface area contributed by atoms with Gasteiger partial charge < -0.3 is 11.1 Å². The van der Waals surface area contributed by atoms with Crippen LogP contribution in [0, 0.1) is 5.92 Å². The van der Waals surface area contributed by atoms with E-state index in [1.54, 1.807) is 0 Å². The van der Waals surface area contributed by atoms with Crippen LogP contribution in [0.2, 0.25) is 0 Å². The molecule has 1 saturated carbocycles. The lowest BCUT2D eigenvalue weighted by atomic mass is 10.0. The molecule has 0 aromatic carbocycles. The van der Waals surface area contributed by atoms with E-state index >= 15 is 0 Å². The minimum Gasteiger partial charge on any atom is -0.394 e. The van der Waals surface area contributed by atoms with Crippen molar-refractivity contribution in [1.82, 2.24) is 10.2 Å². The molecule has 1 fully saturated rings. The van der Waals surface area contributed by atoms with Crippen molar-refractivity contribution in [2.24, 2.45) is 5.92 Å². The van der Waals surface area contributed by atoms with E-state index in [4.69, 9.17) is 5.73 Å². The van der Waals surface area contributed by atoms with E-state index in [2.05, 4.69) is 15.5 Å². The fourth-order valence-corrected chi connectivity index (χ4v) is 2.23. The average Bonchev–Trinajstić information content (AvgIpc) is 2.88. The summed E-state index contributed by atoms with van der Waals surface area (Å²) in [7, 11) is 0. The fourth-order valence-electron chi connectivity index (χ4n) is 2.23. The van der Waals surface area contributed by atoms with Crippen LogP contribution in [0.1, 0.15) is 38.5 Å². The molecule has 5 heteroatoms. The van der Waals surface area contributed by atoms with Crippen LogP contribution in [0.25, 0.3) is 0 Å². The molecule has 1 aromatic heterocycles. The van der Waals surface area contributed by atoms with Gasteiger partial charge in [0.25, 0.3) is 0 Å². The first-order valence-corrected chi connectivity index (χ1v) is 5.84. The van der Waals surface area contributed by atoms with E-state index in [-0.39, 0.29) is 5.91 Å². The Labute approximate surface area is 94.8 Å². The largest absolute Gasteiger partial charge is 0.394 e. The maximum absolute atomic E-state index is 11.6. The molecule has 0 atom stereocenters. The Morgan fingerprint density at radius 3 is 2.94 bits per heavy atom. The first kappa shape index (κ1) is 11.0. The number of carbonyl (C=O) groups excluding carboxylic acids is 1. The zero-order chi connectivity index (χ0) is 11.4. The van der Waals surface area contributed by atoms with E-state index in [0.717, 1.165) is 12.3 Å². The minimum atomic E-state index is 0.0165. The Hall–Kier alpha value is -1.52. The van der Waals surface area contributed by atoms with Gasteiger partial charge in [0.1, 0.15) is 0 Å². The van der Waals surface area contributed by atoms with Gasteiger partial charge in [-0.05, 0) is 12.3 Å². The van der Waals surface area contributed by atoms with Crippen LogP contribution < -0.4 is 11.1 Å². The van der Waals surface area contributed by atoms with Crippen LogP contribution >= 0.6 is 0 Å². The third-order valence-corrected chi connectivity index (χ3v) is 3.19. The number of carbonyl (C=O) groups is 1. The molecule has 5 nitrogen and oxygen atoms in total. The number of aromatic nitrogens is 2. The van der Waals surface area contributed by atoms with Crippen LogP contribution in [0.3, 0.4) is 0 Å². The molecule has 4 N–H and O–H groups in total. The van der Waals surface area contributed by atoms with Gasteiger partial charge in [-0.25, -0.2) is 0 Å². The van der Waals surface area contributed by atoms with E-state index in [1.807, 2.05) is 0 Å². The number of nitrogens with two attached hydrogens (primary N) is 1. The summed E-state index contributed by atoms with van der Waals surface area (Å²) in [5.41, 5.74) is 6.08. The van der Waals surface area contributed by atoms with Gasteiger partial charge in [0.15, 0.2) is 5.82 Å². The minimum absolute atomic E-state index is 0.0165. The number of hydrogen-bond donors (Lipinski definition) is 3. The molecule has 0 bridgehead atoms. The molecular formula is C11H18N4O. The Balaban J connectivity index is 1.74. The van der Waals surface area contributed by atoms with Gasteiger partial charge >= 0.3 is 0 Å². The highest BCUT2D eigenvalue weighted by molar-refractivity contribution is 5.92. The lowest BCUT2D eigenvalue weighted by molar-refractivity contribution is -0.116. The second kappa shape index (κ2) is 5.01. The fraction of sp³-hybridized carbons (Fsp3) is 0.636. The van der Waals surface area contributed by atoms with Crippen LogP contribution in [0.5, 0.6) is 0 Å². The Kier molecular flexibility index (Phi) is 3.44. The van der Waals surface area contributed by atoms with Crippen LogP contribution in [-0.2, 0) is 4.79 Å². The number of rotatable bonds is 4. The van der Waals surface area contributed by atoms with Crippen molar-refractivity contribution in [2.75, 3.05) is 11.1 Å². The molecule has 1 heterocycles. The van der Waals surface area contributed by atoms with Crippen LogP contribution in [0.15, 0.2) is 6.20 Å². The van der Waals surface area contributed by atoms with E-state index in [1.165, 1.54) is 31.9 Å². The monoisotopic (exact) mass is 222 g/mol. The van der Waals surface area contributed by atoms with Crippen molar-refractivity contribution < 1.29 is 4.79 Å². The van der Waals surface area contributed by atoms with Crippen molar-refractivity contribution in [3.05, 3.63) is 6.20 Å². The maximum Gasteiger partial charge on any atom is 0.225 e. The second-order valence-electron chi connectivity index (χ2n) is 4.44. The molecule has 1 aliphatic rings. The zero-order valence-corrected chi connectivity index (χ0v) is 9.33. The topological polar surface area (TPSA) is 83.8 Å². The SMILES string of the molecule is Nc1cn[nH]c1NC(=O)CCC1CCCC1. The normalized spacial score (nSPS) is 16.5. The summed E-state index contributed by atoms with van der Waals surface area (Å²) in [6.07, 6.45) is 8.24. The van der Waals surface area contributed by atoms with E-state index in [9.17, 15) is 4.79 Å². The summed E-state index contributed by atoms with van der Waals surface area (Å²) in [6.45, 7) is 0. The molecule has 0 spiro atoms. The molecule has 0 radical (unpaired) electrons. The molecule has 88 valence electrons. The van der Waals surface area contributed by atoms with Crippen LogP contribution in [-0.4, -0.2) is 16.1 Å². The molecule has 1 aliphatic carbocycles. The van der Waals surface area contributed by atoms with Gasteiger partial charge in [-0.1, -0.05) is 25.7 Å². The van der Waals surface area contributed by atoms with Crippen molar-refractivity contribution in [3.8, 4) is 0 Å². The molecule has 1 amide bonds. The Bertz CT molecular complexity index is 355. The highest BCUT2D eigenvalue weighted by Gasteiger charge is 2.16. The smallest absolute Gasteiger partial charge is 0.225 e. The number of nitrogen functional groups attached to an aromatic ring is 1. The molecule has 16 heavy (non-hydrogen) atoms. The summed E-state index contributed by atoms with van der Waals surface area (Å²) in [5, 5.41) is 9.14. The Morgan fingerprint density at radius 2 is 2.31 bits per heavy atom. The number of H-pyrrole nitrogens is 1. The van der Waals surface area contributed by atoms with Crippen molar-refractivity contribution in [3.63, 3.8) is 0 Å². The number of aromatic amines is 1. The highest BCUT2D eigenvalue weighted by Crippen LogP contribution is 2.28. The highest BCUT2D eigenvalue weighted by atomic mass is 16.1. The first-order chi connectivity index (χ1) is 7.75. The van der Waals surface area contributed by atoms with Crippen molar-refractivity contribution >= 4 is 17.4 Å². The van der Waals surface area contributed by atoms with E-state index < -0.39 is 0 Å². The lowest BCUT2D eigenvalue weighted by Crippen LogP contribution is -2.14. The van der Waals surface area contributed by atoms with Crippen LogP contribution in [0.4, 0.5) is 11.5 Å². The summed E-state index contributed by atoms with van der Waals surface area (Å²) < 4.78 is 0. The second-order valence-corrected chi connectivity index (χ2v) is 4.44. The molecule has 2 rings (SSSR count). The van der Waals surface area contributed by atoms with Gasteiger partial charge in [-0.3, -0.25) is 9.89 Å². The van der Waals surface area contributed by atoms with Crippen molar-refractivity contribution in [2.45, 2.75) is 38.5 Å². The van der Waals surface area contributed by atoms with Gasteiger partial charge in [-0.2, -0.15) is 5.10 Å². The molecule has 0 saturated heterocycles. The predicted octanol–water partition coefficient (Wildman–Crippen LogP) is 1.90. The molecule has 1 aromatic rings. The summed E-state index contributed by atoms with van der Waals surface area (Å²) >= 11 is 0. The third kappa shape index (κ3) is 2.74. The quantitative estimate of drug-likeness (QED) is 0.727. The molecule has 0 unspecified atom stereocenters. The molecule has 0 aliphatic heterocycles. The third-order valence-electron chi connectivity index (χ3n) is 3.19. The summed E-state index contributed by atoms with van der Waals surface area (Å²) in [4.78, 5) is 11.6. The van der Waals surface area contributed by atoms with Gasteiger partial charge in [0.2, 0.25) is 5.91 Å². The zero-order valence-electron chi connectivity index (χ0n) is 9.33. The van der Waals surface area contributed by atoms with Gasteiger partial charge in [0, 0.05) is 6.42 Å². The Morgan fingerprint density at radius 1 is 1.56 bits per heavy atom. The van der Waals surface area contributed by atoms with E-state index in [0.29, 0.717) is 17.9 Å². The number of hydrogen-bond acceptors (Lipinski definition) is 3. The van der Waals surface area contributed by atoms with Gasteiger partial charge in [0.05, 0.1) is 11.9 Å². The summed E-state index contributed by atoms with van der Waals surface area (Å²) in [6, 6.07) is 0. The number of nitrogens with one attached hydrogen (secondary N) is 2. The standard InChI is InChI=1S/C11H18N4O/c12-9-7-13-15-11(9)14-10(16)6-5-8-3-1-2-4-8/h7-8H,1-6,12H2,(H2,13,14,15,16). The first-order valence-electron chi connectivity index (χ1n) is 5.84. The lowest BCUT2D eigenvalue weighted by Gasteiger charge is -2.08. The average molecular weight is 222 g/mol. The molecular weight excluding hydrogens is 204 g/mol. The predicted molar refractivity (Wildman–Crippen MR) is 62.8 cm³/mol. The maximum atomic E-state index is 11.6. The van der Waals surface area contributed by atoms with Gasteiger partial charge in [-0.15, -0.1) is 0 Å². The summed E-state index contributed by atoms with van der Waals surface area (Å²) in [5.74, 6) is 1.27. The van der Waals surface area contributed by atoms with Crippen molar-refractivity contribution in [1.29, 1.82) is 0 Å². The number of anilines is 2. The number of amides is 1. The number of nitrogens with zero attached hydrogens (tertiary/aromatic N) is 1.